The van der Waals surface area contributed by atoms with Crippen molar-refractivity contribution in [3.63, 3.8) is 0 Å². The summed E-state index contributed by atoms with van der Waals surface area (Å²) in [6, 6.07) is 2.07. The second kappa shape index (κ2) is 10.1. The minimum Gasteiger partial charge on any atom is -0.475 e. The summed E-state index contributed by atoms with van der Waals surface area (Å²) in [5.74, 6) is -1.52. The smallest absolute Gasteiger partial charge is 0.475 e. The zero-order chi connectivity index (χ0) is 27.1. The summed E-state index contributed by atoms with van der Waals surface area (Å²) in [5, 5.41) is 29.5. The Morgan fingerprint density at radius 2 is 2.00 bits per heavy atom. The fourth-order valence-electron chi connectivity index (χ4n) is 3.63. The van der Waals surface area contributed by atoms with Crippen LogP contribution < -0.4 is 10.2 Å². The van der Waals surface area contributed by atoms with Crippen LogP contribution in [-0.4, -0.2) is 76.5 Å². The second-order valence-corrected chi connectivity index (χ2v) is 9.34. The highest BCUT2D eigenvalue weighted by molar-refractivity contribution is 9.10. The molecule has 0 bridgehead atoms. The third-order valence-electron chi connectivity index (χ3n) is 5.46. The van der Waals surface area contributed by atoms with Gasteiger partial charge in [-0.2, -0.15) is 23.1 Å². The number of aliphatic carboxylic acids is 1. The quantitative estimate of drug-likeness (QED) is 0.273. The van der Waals surface area contributed by atoms with Crippen LogP contribution in [0.2, 0.25) is 0 Å². The molecular formula is C21H23BrF3N9O3. The molecule has 0 aliphatic carbocycles. The first-order chi connectivity index (χ1) is 17.4. The number of aliphatic hydroxyl groups excluding tert-OH is 1. The van der Waals surface area contributed by atoms with Gasteiger partial charge in [0.05, 0.1) is 33.9 Å². The number of pyridine rings is 1. The number of β-amino-alcohol motifs (C(OH)–C–C–N with tert-alkyl or cyclic N) is 1. The number of aliphatic hydroxyl groups is 1. The van der Waals surface area contributed by atoms with Gasteiger partial charge in [0.25, 0.3) is 0 Å². The van der Waals surface area contributed by atoms with E-state index in [-0.39, 0.29) is 12.1 Å². The number of carboxylic acids is 1. The normalized spacial score (nSPS) is 14.1. The number of alkyl halides is 3. The molecule has 0 spiro atoms. The number of hydrogen-bond donors (Lipinski definition) is 4. The summed E-state index contributed by atoms with van der Waals surface area (Å²) in [5.41, 5.74) is 3.98. The fourth-order valence-corrected chi connectivity index (χ4v) is 4.37. The molecule has 0 radical (unpaired) electrons. The number of nitrogens with zero attached hydrogens (tertiary/aromatic N) is 7. The predicted molar refractivity (Wildman–Crippen MR) is 132 cm³/mol. The lowest BCUT2D eigenvalue weighted by Crippen LogP contribution is -2.51. The van der Waals surface area contributed by atoms with Crippen LogP contribution in [0.3, 0.4) is 0 Å². The molecule has 37 heavy (non-hydrogen) atoms. The number of nitrogens with one attached hydrogen (secondary N) is 2. The summed E-state index contributed by atoms with van der Waals surface area (Å²) < 4.78 is 34.5. The third kappa shape index (κ3) is 5.44. The lowest BCUT2D eigenvalue weighted by atomic mass is 10.1. The summed E-state index contributed by atoms with van der Waals surface area (Å²) in [6.45, 7) is 7.27. The van der Waals surface area contributed by atoms with Gasteiger partial charge in [-0.05, 0) is 42.3 Å². The molecule has 5 rings (SSSR count). The van der Waals surface area contributed by atoms with Gasteiger partial charge in [-0.15, -0.1) is 5.10 Å². The molecule has 1 saturated heterocycles. The number of fused-ring (bicyclic) bond motifs is 2. The van der Waals surface area contributed by atoms with Gasteiger partial charge >= 0.3 is 12.1 Å². The molecule has 1 aliphatic heterocycles. The van der Waals surface area contributed by atoms with Gasteiger partial charge in [0, 0.05) is 18.8 Å². The number of hydrogen-bond acceptors (Lipinski definition) is 9. The molecule has 1 aliphatic rings. The van der Waals surface area contributed by atoms with Gasteiger partial charge in [-0.3, -0.25) is 0 Å². The Labute approximate surface area is 216 Å². The molecule has 4 aromatic heterocycles. The average Bonchev–Trinajstić information content (AvgIpc) is 3.37. The molecule has 4 aromatic rings. The van der Waals surface area contributed by atoms with Crippen molar-refractivity contribution < 1.29 is 28.2 Å². The first-order valence-electron chi connectivity index (χ1n) is 11.2. The highest BCUT2D eigenvalue weighted by Crippen LogP contribution is 2.36. The van der Waals surface area contributed by atoms with Crippen LogP contribution in [0.25, 0.3) is 22.2 Å². The Kier molecular flexibility index (Phi) is 7.23. The highest BCUT2D eigenvalue weighted by Gasteiger charge is 2.38. The SMILES string of the molecule is CCc1[nH]c2nc(Nc3cnc4c(c3)nnn4C(C)C)nc(N3CC(O)C3)c2c1Br.O=C(O)C(F)(F)F. The Morgan fingerprint density at radius 1 is 1.32 bits per heavy atom. The largest absolute Gasteiger partial charge is 0.490 e. The van der Waals surface area contributed by atoms with Crippen LogP contribution >= 0.6 is 15.9 Å². The highest BCUT2D eigenvalue weighted by atomic mass is 79.9. The number of aryl methyl sites for hydroxylation is 1. The van der Waals surface area contributed by atoms with Gasteiger partial charge in [-0.1, -0.05) is 12.1 Å². The molecule has 16 heteroatoms. The van der Waals surface area contributed by atoms with Gasteiger partial charge in [0.15, 0.2) is 5.65 Å². The van der Waals surface area contributed by atoms with Gasteiger partial charge in [0.2, 0.25) is 5.95 Å². The molecule has 0 aromatic carbocycles. The molecular weight excluding hydrogens is 563 g/mol. The number of rotatable bonds is 5. The van der Waals surface area contributed by atoms with Crippen molar-refractivity contribution in [3.8, 4) is 0 Å². The Hall–Kier alpha value is -3.53. The van der Waals surface area contributed by atoms with Crippen molar-refractivity contribution in [2.24, 2.45) is 0 Å². The molecule has 0 unspecified atom stereocenters. The summed E-state index contributed by atoms with van der Waals surface area (Å²) in [6.07, 6.45) is -2.84. The van der Waals surface area contributed by atoms with E-state index in [0.717, 1.165) is 44.8 Å². The van der Waals surface area contributed by atoms with E-state index in [2.05, 4.69) is 53.4 Å². The minimum absolute atomic E-state index is 0.181. The number of aromatic nitrogens is 7. The van der Waals surface area contributed by atoms with E-state index in [1.807, 2.05) is 24.8 Å². The molecule has 0 saturated carbocycles. The van der Waals surface area contributed by atoms with E-state index in [9.17, 15) is 18.3 Å². The molecule has 12 nitrogen and oxygen atoms in total. The van der Waals surface area contributed by atoms with Crippen LogP contribution in [-0.2, 0) is 11.2 Å². The van der Waals surface area contributed by atoms with E-state index >= 15 is 0 Å². The summed E-state index contributed by atoms with van der Waals surface area (Å²) in [4.78, 5) is 28.2. The zero-order valence-electron chi connectivity index (χ0n) is 19.9. The topological polar surface area (TPSA) is 158 Å². The van der Waals surface area contributed by atoms with Gasteiger partial charge in [-0.25, -0.2) is 14.5 Å². The standard InChI is InChI=1S/C19H22BrN9O.C2HF3O2/c1-4-12-15(20)14-16(23-12)24-19(25-18(14)28-7-11(30)8-28)22-10-5-13-17(21-6-10)29(9(2)3)27-26-13;3-2(4,5)1(6)7/h5-6,9,11,30H,4,7-8H2,1-3H3,(H2,22,23,24,25);(H,6,7). The molecule has 1 fully saturated rings. The van der Waals surface area contributed by atoms with Crippen LogP contribution in [0.5, 0.6) is 0 Å². The summed E-state index contributed by atoms with van der Waals surface area (Å²) >= 11 is 3.68. The van der Waals surface area contributed by atoms with Crippen molar-refractivity contribution in [2.75, 3.05) is 23.3 Å². The maximum Gasteiger partial charge on any atom is 0.490 e. The summed E-state index contributed by atoms with van der Waals surface area (Å²) in [7, 11) is 0. The lowest BCUT2D eigenvalue weighted by Gasteiger charge is -2.37. The van der Waals surface area contributed by atoms with Crippen molar-refractivity contribution in [1.82, 2.24) is 34.9 Å². The van der Waals surface area contributed by atoms with Crippen LogP contribution in [0.15, 0.2) is 16.7 Å². The average molecular weight is 586 g/mol. The zero-order valence-corrected chi connectivity index (χ0v) is 21.5. The van der Waals surface area contributed by atoms with Crippen molar-refractivity contribution in [1.29, 1.82) is 0 Å². The number of carboxylic acid groups (broad SMARTS) is 1. The third-order valence-corrected chi connectivity index (χ3v) is 6.33. The van der Waals surface area contributed by atoms with Crippen molar-refractivity contribution in [3.05, 3.63) is 22.4 Å². The number of aromatic amines is 1. The van der Waals surface area contributed by atoms with Gasteiger partial charge in [0.1, 0.15) is 17.0 Å². The first kappa shape index (κ1) is 26.5. The van der Waals surface area contributed by atoms with E-state index in [0.29, 0.717) is 24.6 Å². The lowest BCUT2D eigenvalue weighted by molar-refractivity contribution is -0.192. The Bertz CT molecular complexity index is 1450. The monoisotopic (exact) mass is 585 g/mol. The number of halogens is 4. The van der Waals surface area contributed by atoms with Crippen LogP contribution in [0, 0.1) is 0 Å². The van der Waals surface area contributed by atoms with Crippen LogP contribution in [0.1, 0.15) is 32.5 Å². The predicted octanol–water partition coefficient (Wildman–Crippen LogP) is 3.56. The number of anilines is 3. The first-order valence-corrected chi connectivity index (χ1v) is 12.0. The van der Waals surface area contributed by atoms with E-state index < -0.39 is 12.1 Å². The Morgan fingerprint density at radius 3 is 2.57 bits per heavy atom. The molecule has 5 heterocycles. The molecule has 0 amide bonds. The maximum absolute atomic E-state index is 10.6. The van der Waals surface area contributed by atoms with E-state index in [1.165, 1.54) is 0 Å². The Balaban J connectivity index is 0.000000405. The van der Waals surface area contributed by atoms with Crippen molar-refractivity contribution >= 4 is 61.6 Å². The van der Waals surface area contributed by atoms with Crippen LogP contribution in [0.4, 0.5) is 30.6 Å². The second-order valence-electron chi connectivity index (χ2n) is 8.55. The molecule has 198 valence electrons. The number of carbonyl (C=O) groups is 1. The van der Waals surface area contributed by atoms with Crippen molar-refractivity contribution in [2.45, 2.75) is 45.5 Å². The fraction of sp³-hybridized carbons (Fsp3) is 0.429. The maximum atomic E-state index is 10.6. The number of H-pyrrole nitrogens is 1. The van der Waals surface area contributed by atoms with Gasteiger partial charge < -0.3 is 25.4 Å². The van der Waals surface area contributed by atoms with E-state index in [4.69, 9.17) is 14.9 Å². The molecule has 4 N–H and O–H groups in total. The molecule has 0 atom stereocenters. The minimum atomic E-state index is -5.08. The van der Waals surface area contributed by atoms with E-state index in [1.54, 1.807) is 10.9 Å².